The van der Waals surface area contributed by atoms with Gasteiger partial charge in [-0.3, -0.25) is 0 Å². The Hall–Kier alpha value is -3.00. The standard InChI is InChI=1S/C16H10ClF2N3O3/c1-8-14(11-4-3-10(17)6-12(11)18)15(23)22(21-8)13-5-2-9(7-20-13)16(24)25-19/h2-7,23H,1H3. The SMILES string of the molecule is Cc1nn(-c2ccc(C(=O)OF)cn2)c(O)c1-c1ccc(Cl)cc1F. The first kappa shape index (κ1) is 16.8. The maximum Gasteiger partial charge on any atom is 0.381 e. The lowest BCUT2D eigenvalue weighted by Crippen LogP contribution is -2.03. The van der Waals surface area contributed by atoms with Crippen LogP contribution in [0, 0.1) is 12.7 Å². The Kier molecular flexibility index (Phi) is 4.37. The summed E-state index contributed by atoms with van der Waals surface area (Å²) in [7, 11) is 0. The number of hydrogen-bond donors (Lipinski definition) is 1. The van der Waals surface area contributed by atoms with E-state index in [9.17, 15) is 18.8 Å². The molecule has 6 nitrogen and oxygen atoms in total. The van der Waals surface area contributed by atoms with E-state index in [1.54, 1.807) is 6.92 Å². The molecule has 0 aliphatic carbocycles. The Labute approximate surface area is 145 Å². The molecule has 0 radical (unpaired) electrons. The molecule has 0 bridgehead atoms. The lowest BCUT2D eigenvalue weighted by molar-refractivity contribution is -0.0788. The highest BCUT2D eigenvalue weighted by Gasteiger charge is 2.21. The van der Waals surface area contributed by atoms with Crippen LogP contribution >= 0.6 is 11.6 Å². The average molecular weight is 366 g/mol. The lowest BCUT2D eigenvalue weighted by Gasteiger charge is -2.05. The Morgan fingerprint density at radius 2 is 2.08 bits per heavy atom. The van der Waals surface area contributed by atoms with Crippen LogP contribution in [0.1, 0.15) is 16.1 Å². The second kappa shape index (κ2) is 6.48. The van der Waals surface area contributed by atoms with E-state index in [0.29, 0.717) is 5.69 Å². The molecular weight excluding hydrogens is 356 g/mol. The van der Waals surface area contributed by atoms with Crippen molar-refractivity contribution >= 4 is 17.6 Å². The molecular formula is C16H10ClF2N3O3. The number of aromatic nitrogens is 3. The molecule has 0 saturated carbocycles. The Morgan fingerprint density at radius 1 is 1.32 bits per heavy atom. The van der Waals surface area contributed by atoms with Crippen LogP contribution in [0.2, 0.25) is 5.02 Å². The number of aryl methyl sites for hydroxylation is 1. The molecule has 25 heavy (non-hydrogen) atoms. The number of halogens is 3. The van der Waals surface area contributed by atoms with Crippen LogP contribution in [0.4, 0.5) is 8.92 Å². The third-order valence-corrected chi connectivity index (χ3v) is 3.74. The van der Waals surface area contributed by atoms with Crippen LogP contribution in [0.15, 0.2) is 36.5 Å². The number of rotatable bonds is 3. The summed E-state index contributed by atoms with van der Waals surface area (Å²) < 4.78 is 27.1. The molecule has 0 fully saturated rings. The summed E-state index contributed by atoms with van der Waals surface area (Å²) in [6.07, 6.45) is 1.07. The summed E-state index contributed by atoms with van der Waals surface area (Å²) >= 11 is 5.74. The van der Waals surface area contributed by atoms with Crippen molar-refractivity contribution in [3.63, 3.8) is 0 Å². The molecule has 9 heteroatoms. The summed E-state index contributed by atoms with van der Waals surface area (Å²) in [6.45, 7) is 1.59. The van der Waals surface area contributed by atoms with Gasteiger partial charge in [0.1, 0.15) is 5.82 Å². The zero-order valence-corrected chi connectivity index (χ0v) is 13.5. The van der Waals surface area contributed by atoms with Crippen molar-refractivity contribution < 1.29 is 23.8 Å². The van der Waals surface area contributed by atoms with E-state index in [1.807, 2.05) is 0 Å². The van der Waals surface area contributed by atoms with Gasteiger partial charge in [-0.1, -0.05) is 11.6 Å². The van der Waals surface area contributed by atoms with Crippen LogP contribution in [0.3, 0.4) is 0 Å². The molecule has 2 heterocycles. The highest BCUT2D eigenvalue weighted by molar-refractivity contribution is 6.30. The van der Waals surface area contributed by atoms with Crippen molar-refractivity contribution in [2.75, 3.05) is 0 Å². The molecule has 3 rings (SSSR count). The maximum absolute atomic E-state index is 14.2. The first-order valence-electron chi connectivity index (χ1n) is 6.95. The number of carbonyl (C=O) groups is 1. The third kappa shape index (κ3) is 3.03. The first-order valence-corrected chi connectivity index (χ1v) is 7.33. The number of carbonyl (C=O) groups excluding carboxylic acids is 1. The minimum Gasteiger partial charge on any atom is -0.493 e. The van der Waals surface area contributed by atoms with E-state index in [2.05, 4.69) is 15.0 Å². The van der Waals surface area contributed by atoms with Crippen LogP contribution < -0.4 is 0 Å². The van der Waals surface area contributed by atoms with E-state index in [0.717, 1.165) is 16.9 Å². The van der Waals surface area contributed by atoms with Gasteiger partial charge in [0.2, 0.25) is 5.88 Å². The lowest BCUT2D eigenvalue weighted by atomic mass is 10.1. The minimum absolute atomic E-state index is 0.112. The summed E-state index contributed by atoms with van der Waals surface area (Å²) in [5.41, 5.74) is 0.554. The van der Waals surface area contributed by atoms with Crippen molar-refractivity contribution in [3.05, 3.63) is 58.6 Å². The third-order valence-electron chi connectivity index (χ3n) is 3.51. The predicted octanol–water partition coefficient (Wildman–Crippen LogP) is 3.78. The van der Waals surface area contributed by atoms with E-state index >= 15 is 0 Å². The molecule has 128 valence electrons. The molecule has 0 aliphatic rings. The molecule has 0 amide bonds. The van der Waals surface area contributed by atoms with Crippen LogP contribution in [0.25, 0.3) is 16.9 Å². The zero-order valence-electron chi connectivity index (χ0n) is 12.7. The Balaban J connectivity index is 2.07. The van der Waals surface area contributed by atoms with E-state index in [-0.39, 0.29) is 33.4 Å². The van der Waals surface area contributed by atoms with Crippen molar-refractivity contribution in [2.24, 2.45) is 0 Å². The molecule has 0 aliphatic heterocycles. The van der Waals surface area contributed by atoms with E-state index in [1.165, 1.54) is 24.3 Å². The van der Waals surface area contributed by atoms with Gasteiger partial charge in [0, 0.05) is 21.3 Å². The van der Waals surface area contributed by atoms with Crippen molar-refractivity contribution in [1.82, 2.24) is 14.8 Å². The highest BCUT2D eigenvalue weighted by atomic mass is 35.5. The molecule has 2 aromatic heterocycles. The molecule has 1 aromatic carbocycles. The quantitative estimate of drug-likeness (QED) is 0.764. The predicted molar refractivity (Wildman–Crippen MR) is 84.7 cm³/mol. The van der Waals surface area contributed by atoms with Crippen molar-refractivity contribution in [2.45, 2.75) is 6.92 Å². The Morgan fingerprint density at radius 3 is 2.68 bits per heavy atom. The number of benzene rings is 1. The largest absolute Gasteiger partial charge is 0.493 e. The van der Waals surface area contributed by atoms with Gasteiger partial charge < -0.3 is 5.11 Å². The van der Waals surface area contributed by atoms with Gasteiger partial charge in [-0.15, -0.1) is 0 Å². The van der Waals surface area contributed by atoms with Gasteiger partial charge in [-0.25, -0.2) is 19.1 Å². The maximum atomic E-state index is 14.2. The van der Waals surface area contributed by atoms with Gasteiger partial charge in [-0.2, -0.15) is 9.78 Å². The van der Waals surface area contributed by atoms with Crippen molar-refractivity contribution in [3.8, 4) is 22.8 Å². The van der Waals surface area contributed by atoms with Crippen LogP contribution in [0.5, 0.6) is 5.88 Å². The van der Waals surface area contributed by atoms with Gasteiger partial charge in [0.15, 0.2) is 5.82 Å². The fourth-order valence-corrected chi connectivity index (χ4v) is 2.52. The fourth-order valence-electron chi connectivity index (χ4n) is 2.36. The Bertz CT molecular complexity index is 958. The van der Waals surface area contributed by atoms with Gasteiger partial charge >= 0.3 is 5.97 Å². The van der Waals surface area contributed by atoms with E-state index < -0.39 is 11.8 Å². The average Bonchev–Trinajstić information content (AvgIpc) is 2.89. The van der Waals surface area contributed by atoms with E-state index in [4.69, 9.17) is 11.6 Å². The molecule has 0 atom stereocenters. The first-order chi connectivity index (χ1) is 11.9. The van der Waals surface area contributed by atoms with Crippen LogP contribution in [-0.2, 0) is 4.94 Å². The summed E-state index contributed by atoms with van der Waals surface area (Å²) in [5.74, 6) is -1.99. The molecule has 3 aromatic rings. The molecule has 0 spiro atoms. The fraction of sp³-hybridized carbons (Fsp3) is 0.0625. The normalized spacial score (nSPS) is 10.7. The number of hydrogen-bond acceptors (Lipinski definition) is 5. The zero-order chi connectivity index (χ0) is 18.1. The monoisotopic (exact) mass is 365 g/mol. The molecule has 0 saturated heterocycles. The summed E-state index contributed by atoms with van der Waals surface area (Å²) in [4.78, 5) is 18.1. The topological polar surface area (TPSA) is 77.2 Å². The van der Waals surface area contributed by atoms with Crippen molar-refractivity contribution in [1.29, 1.82) is 0 Å². The van der Waals surface area contributed by atoms with Gasteiger partial charge in [0.05, 0.1) is 16.8 Å². The molecule has 0 unspecified atom stereocenters. The highest BCUT2D eigenvalue weighted by Crippen LogP contribution is 2.36. The second-order valence-corrected chi connectivity index (χ2v) is 5.53. The van der Waals surface area contributed by atoms with Gasteiger partial charge in [0.25, 0.3) is 0 Å². The number of aromatic hydroxyl groups is 1. The minimum atomic E-state index is -1.19. The summed E-state index contributed by atoms with van der Waals surface area (Å²) in [5, 5.41) is 14.8. The van der Waals surface area contributed by atoms with Gasteiger partial charge in [-0.05, 0) is 37.3 Å². The number of nitrogens with zero attached hydrogens (tertiary/aromatic N) is 3. The second-order valence-electron chi connectivity index (χ2n) is 5.09. The smallest absolute Gasteiger partial charge is 0.381 e. The van der Waals surface area contributed by atoms with Crippen LogP contribution in [-0.4, -0.2) is 25.8 Å². The summed E-state index contributed by atoms with van der Waals surface area (Å²) in [6, 6.07) is 6.64. The molecule has 1 N–H and O–H groups in total. The number of pyridine rings is 1.